The summed E-state index contributed by atoms with van der Waals surface area (Å²) in [6.07, 6.45) is 0.231. The molecule has 2 atom stereocenters. The highest BCUT2D eigenvalue weighted by molar-refractivity contribution is 7.09. The molecule has 1 aromatic heterocycles. The van der Waals surface area contributed by atoms with Crippen LogP contribution in [0.4, 0.5) is 0 Å². The molecule has 1 saturated heterocycles. The molecule has 3 heterocycles. The third-order valence-corrected chi connectivity index (χ3v) is 6.52. The first kappa shape index (κ1) is 20.7. The van der Waals surface area contributed by atoms with E-state index in [9.17, 15) is 9.59 Å². The van der Waals surface area contributed by atoms with Gasteiger partial charge in [0.1, 0.15) is 6.61 Å². The molecule has 1 fully saturated rings. The normalized spacial score (nSPS) is 19.9. The lowest BCUT2D eigenvalue weighted by molar-refractivity contribution is -0.143. The molecule has 0 unspecified atom stereocenters. The number of ether oxygens (including phenoxy) is 2. The molecule has 2 amide bonds. The van der Waals surface area contributed by atoms with Gasteiger partial charge in [0.2, 0.25) is 12.0 Å². The standard InChI is InChI=1S/C22H27N3O4S/c1-16(21(26)23-9-8-17-5-4-14-30-17)24-10-12-25(13-11-24)22(27)20-15-28-18-6-2-3-7-19(18)29-20/h2-7,14,16,20H,8-13,15H2,1H3,(H,23,26)/t16-,20-/m1/s1. The molecular weight excluding hydrogens is 402 g/mol. The first-order chi connectivity index (χ1) is 14.6. The van der Waals surface area contributed by atoms with Crippen LogP contribution in [0.15, 0.2) is 41.8 Å². The Balaban J connectivity index is 1.22. The van der Waals surface area contributed by atoms with E-state index in [1.165, 1.54) is 4.88 Å². The highest BCUT2D eigenvalue weighted by atomic mass is 32.1. The van der Waals surface area contributed by atoms with E-state index in [-0.39, 0.29) is 24.5 Å². The Morgan fingerprint density at radius 1 is 1.13 bits per heavy atom. The van der Waals surface area contributed by atoms with Crippen molar-refractivity contribution in [2.75, 3.05) is 39.3 Å². The number of piperazine rings is 1. The second-order valence-electron chi connectivity index (χ2n) is 7.52. The molecule has 2 aliphatic heterocycles. The number of rotatable bonds is 6. The fourth-order valence-electron chi connectivity index (χ4n) is 3.75. The van der Waals surface area contributed by atoms with Crippen LogP contribution in [0.25, 0.3) is 0 Å². The van der Waals surface area contributed by atoms with Gasteiger partial charge in [-0.1, -0.05) is 18.2 Å². The zero-order valence-electron chi connectivity index (χ0n) is 17.1. The van der Waals surface area contributed by atoms with E-state index in [0.717, 1.165) is 6.42 Å². The van der Waals surface area contributed by atoms with Crippen LogP contribution in [0.5, 0.6) is 11.5 Å². The van der Waals surface area contributed by atoms with Crippen LogP contribution in [0.1, 0.15) is 11.8 Å². The monoisotopic (exact) mass is 429 g/mol. The number of hydrogen-bond acceptors (Lipinski definition) is 6. The van der Waals surface area contributed by atoms with Crippen molar-refractivity contribution in [2.24, 2.45) is 0 Å². The van der Waals surface area contributed by atoms with Crippen LogP contribution in [0.2, 0.25) is 0 Å². The van der Waals surface area contributed by atoms with Crippen molar-refractivity contribution in [3.63, 3.8) is 0 Å². The van der Waals surface area contributed by atoms with Gasteiger partial charge in [-0.3, -0.25) is 14.5 Å². The highest BCUT2D eigenvalue weighted by Gasteiger charge is 2.34. The molecule has 1 N–H and O–H groups in total. The van der Waals surface area contributed by atoms with E-state index < -0.39 is 6.10 Å². The number of para-hydroxylation sites is 2. The van der Waals surface area contributed by atoms with E-state index in [4.69, 9.17) is 9.47 Å². The summed E-state index contributed by atoms with van der Waals surface area (Å²) in [4.78, 5) is 30.5. The number of nitrogens with zero attached hydrogens (tertiary/aromatic N) is 2. The summed E-state index contributed by atoms with van der Waals surface area (Å²) in [5.74, 6) is 1.25. The molecule has 30 heavy (non-hydrogen) atoms. The quantitative estimate of drug-likeness (QED) is 0.758. The van der Waals surface area contributed by atoms with Crippen LogP contribution in [0, 0.1) is 0 Å². The molecule has 4 rings (SSSR count). The van der Waals surface area contributed by atoms with E-state index in [2.05, 4.69) is 16.3 Å². The van der Waals surface area contributed by atoms with Gasteiger partial charge in [0, 0.05) is 37.6 Å². The number of nitrogens with one attached hydrogen (secondary N) is 1. The number of thiophene rings is 1. The van der Waals surface area contributed by atoms with Crippen molar-refractivity contribution in [3.05, 3.63) is 46.7 Å². The molecule has 0 spiro atoms. The minimum Gasteiger partial charge on any atom is -0.485 e. The van der Waals surface area contributed by atoms with Gasteiger partial charge in [-0.25, -0.2) is 0 Å². The Morgan fingerprint density at radius 2 is 1.90 bits per heavy atom. The van der Waals surface area contributed by atoms with Crippen molar-refractivity contribution in [1.29, 1.82) is 0 Å². The van der Waals surface area contributed by atoms with Crippen LogP contribution >= 0.6 is 11.3 Å². The van der Waals surface area contributed by atoms with E-state index in [1.54, 1.807) is 16.2 Å². The lowest BCUT2D eigenvalue weighted by Gasteiger charge is -2.39. The molecule has 2 aliphatic rings. The highest BCUT2D eigenvalue weighted by Crippen LogP contribution is 2.31. The van der Waals surface area contributed by atoms with Gasteiger partial charge in [0.15, 0.2) is 11.5 Å². The maximum Gasteiger partial charge on any atom is 0.267 e. The molecule has 7 nitrogen and oxygen atoms in total. The average molecular weight is 430 g/mol. The number of amides is 2. The summed E-state index contributed by atoms with van der Waals surface area (Å²) in [6.45, 7) is 5.26. The number of fused-ring (bicyclic) bond motifs is 1. The Hall–Kier alpha value is -2.58. The second-order valence-corrected chi connectivity index (χ2v) is 8.55. The Kier molecular flexibility index (Phi) is 6.54. The molecule has 0 saturated carbocycles. The van der Waals surface area contributed by atoms with Crippen LogP contribution < -0.4 is 14.8 Å². The Bertz CT molecular complexity index is 865. The summed E-state index contributed by atoms with van der Waals surface area (Å²) in [5, 5.41) is 5.07. The lowest BCUT2D eigenvalue weighted by Crippen LogP contribution is -2.57. The summed E-state index contributed by atoms with van der Waals surface area (Å²) in [5.41, 5.74) is 0. The predicted octanol–water partition coefficient (Wildman–Crippen LogP) is 1.78. The van der Waals surface area contributed by atoms with E-state index >= 15 is 0 Å². The zero-order valence-corrected chi connectivity index (χ0v) is 17.9. The molecule has 0 bridgehead atoms. The predicted molar refractivity (Wildman–Crippen MR) is 115 cm³/mol. The average Bonchev–Trinajstić information content (AvgIpc) is 3.31. The van der Waals surface area contributed by atoms with Gasteiger partial charge in [-0.2, -0.15) is 0 Å². The van der Waals surface area contributed by atoms with Gasteiger partial charge >= 0.3 is 0 Å². The van der Waals surface area contributed by atoms with Gasteiger partial charge in [0.25, 0.3) is 5.91 Å². The number of benzene rings is 1. The second kappa shape index (κ2) is 9.49. The topological polar surface area (TPSA) is 71.1 Å². The third-order valence-electron chi connectivity index (χ3n) is 5.59. The maximum atomic E-state index is 12.9. The molecule has 0 radical (unpaired) electrons. The van der Waals surface area contributed by atoms with Crippen molar-refractivity contribution >= 4 is 23.2 Å². The summed E-state index contributed by atoms with van der Waals surface area (Å²) < 4.78 is 11.5. The molecule has 1 aromatic carbocycles. The summed E-state index contributed by atoms with van der Waals surface area (Å²) in [7, 11) is 0. The van der Waals surface area contributed by atoms with Gasteiger partial charge in [-0.15, -0.1) is 11.3 Å². The molecular formula is C22H27N3O4S. The lowest BCUT2D eigenvalue weighted by atomic mass is 10.2. The SMILES string of the molecule is C[C@H](C(=O)NCCc1cccs1)N1CCN(C(=O)[C@H]2COc3ccccc3O2)CC1. The summed E-state index contributed by atoms with van der Waals surface area (Å²) >= 11 is 1.70. The fourth-order valence-corrected chi connectivity index (χ4v) is 4.46. The van der Waals surface area contributed by atoms with E-state index in [1.807, 2.05) is 42.6 Å². The van der Waals surface area contributed by atoms with Crippen molar-refractivity contribution in [1.82, 2.24) is 15.1 Å². The van der Waals surface area contributed by atoms with Crippen LogP contribution in [-0.2, 0) is 16.0 Å². The van der Waals surface area contributed by atoms with E-state index in [0.29, 0.717) is 44.2 Å². The first-order valence-electron chi connectivity index (χ1n) is 10.3. The third kappa shape index (κ3) is 4.76. The van der Waals surface area contributed by atoms with Gasteiger partial charge < -0.3 is 19.7 Å². The maximum absolute atomic E-state index is 12.9. The smallest absolute Gasteiger partial charge is 0.267 e. The van der Waals surface area contributed by atoms with Gasteiger partial charge in [0.05, 0.1) is 6.04 Å². The summed E-state index contributed by atoms with van der Waals surface area (Å²) in [6, 6.07) is 11.3. The molecule has 0 aliphatic carbocycles. The minimum absolute atomic E-state index is 0.0342. The zero-order chi connectivity index (χ0) is 20.9. The van der Waals surface area contributed by atoms with Crippen molar-refractivity contribution < 1.29 is 19.1 Å². The van der Waals surface area contributed by atoms with Crippen molar-refractivity contribution in [2.45, 2.75) is 25.5 Å². The Labute approximate surface area is 180 Å². The molecule has 8 heteroatoms. The Morgan fingerprint density at radius 3 is 2.63 bits per heavy atom. The molecule has 160 valence electrons. The van der Waals surface area contributed by atoms with Crippen molar-refractivity contribution in [3.8, 4) is 11.5 Å². The largest absolute Gasteiger partial charge is 0.485 e. The van der Waals surface area contributed by atoms with Gasteiger partial charge in [-0.05, 0) is 36.9 Å². The van der Waals surface area contributed by atoms with Crippen LogP contribution in [-0.4, -0.2) is 73.1 Å². The van der Waals surface area contributed by atoms with Crippen LogP contribution in [0.3, 0.4) is 0 Å². The number of carbonyl (C=O) groups excluding carboxylic acids is 2. The first-order valence-corrected chi connectivity index (χ1v) is 11.2. The number of hydrogen-bond donors (Lipinski definition) is 1. The fraction of sp³-hybridized carbons (Fsp3) is 0.455. The minimum atomic E-state index is -0.621. The number of carbonyl (C=O) groups is 2. The molecule has 2 aromatic rings.